The molecule has 1 aliphatic rings. The monoisotopic (exact) mass is 371 g/mol. The standard InChI is InChI=1S/C22H26ClNO2/c1-3-26-22(25)15-21-5-4-12-24(21)20-10-6-17(7-11-20)14-18-8-9-19(23)13-16(18)2/h6-11,13,21H,3-5,12,14-15H2,1-2H3. The number of anilines is 1. The number of ether oxygens (including phenoxy) is 1. The summed E-state index contributed by atoms with van der Waals surface area (Å²) in [5, 5.41) is 0.781. The van der Waals surface area contributed by atoms with Crippen molar-refractivity contribution >= 4 is 23.3 Å². The van der Waals surface area contributed by atoms with Crippen molar-refractivity contribution in [3.05, 3.63) is 64.2 Å². The van der Waals surface area contributed by atoms with E-state index in [9.17, 15) is 4.79 Å². The highest BCUT2D eigenvalue weighted by Gasteiger charge is 2.27. The van der Waals surface area contributed by atoms with E-state index >= 15 is 0 Å². The number of carbonyl (C=O) groups excluding carboxylic acids is 1. The molecule has 1 saturated heterocycles. The van der Waals surface area contributed by atoms with Crippen molar-refractivity contribution < 1.29 is 9.53 Å². The molecule has 3 nitrogen and oxygen atoms in total. The van der Waals surface area contributed by atoms with Gasteiger partial charge in [0.05, 0.1) is 13.0 Å². The Morgan fingerprint density at radius 1 is 1.23 bits per heavy atom. The van der Waals surface area contributed by atoms with Gasteiger partial charge in [0.25, 0.3) is 0 Å². The molecule has 2 aromatic carbocycles. The predicted molar refractivity (Wildman–Crippen MR) is 107 cm³/mol. The summed E-state index contributed by atoms with van der Waals surface area (Å²) in [5.74, 6) is -0.0979. The van der Waals surface area contributed by atoms with Crippen LogP contribution >= 0.6 is 11.6 Å². The fraction of sp³-hybridized carbons (Fsp3) is 0.409. The second-order valence-corrected chi connectivity index (χ2v) is 7.35. The lowest BCUT2D eigenvalue weighted by Gasteiger charge is -2.26. The zero-order chi connectivity index (χ0) is 18.5. The van der Waals surface area contributed by atoms with Gasteiger partial charge in [0.15, 0.2) is 0 Å². The van der Waals surface area contributed by atoms with Crippen molar-refractivity contribution in [1.82, 2.24) is 0 Å². The molecule has 1 fully saturated rings. The lowest BCUT2D eigenvalue weighted by atomic mass is 10.0. The van der Waals surface area contributed by atoms with E-state index in [2.05, 4.69) is 42.2 Å². The summed E-state index contributed by atoms with van der Waals surface area (Å²) in [7, 11) is 0. The molecular formula is C22H26ClNO2. The normalized spacial score (nSPS) is 16.7. The average Bonchev–Trinajstić information content (AvgIpc) is 3.06. The summed E-state index contributed by atoms with van der Waals surface area (Å²) >= 11 is 6.04. The molecule has 0 amide bonds. The van der Waals surface area contributed by atoms with Gasteiger partial charge in [-0.05, 0) is 74.1 Å². The zero-order valence-electron chi connectivity index (χ0n) is 15.5. The van der Waals surface area contributed by atoms with Gasteiger partial charge in [0.2, 0.25) is 0 Å². The van der Waals surface area contributed by atoms with Crippen molar-refractivity contribution in [2.24, 2.45) is 0 Å². The molecule has 26 heavy (non-hydrogen) atoms. The van der Waals surface area contributed by atoms with E-state index in [1.165, 1.54) is 22.4 Å². The Hall–Kier alpha value is -2.00. The summed E-state index contributed by atoms with van der Waals surface area (Å²) in [5.41, 5.74) is 4.98. The molecular weight excluding hydrogens is 346 g/mol. The summed E-state index contributed by atoms with van der Waals surface area (Å²) < 4.78 is 5.12. The highest BCUT2D eigenvalue weighted by Crippen LogP contribution is 2.28. The van der Waals surface area contributed by atoms with Gasteiger partial charge in [-0.2, -0.15) is 0 Å². The van der Waals surface area contributed by atoms with Crippen LogP contribution in [0.4, 0.5) is 5.69 Å². The van der Waals surface area contributed by atoms with Crippen LogP contribution in [0, 0.1) is 6.92 Å². The first kappa shape index (κ1) is 18.8. The number of hydrogen-bond donors (Lipinski definition) is 0. The topological polar surface area (TPSA) is 29.5 Å². The van der Waals surface area contributed by atoms with Gasteiger partial charge >= 0.3 is 5.97 Å². The van der Waals surface area contributed by atoms with E-state index < -0.39 is 0 Å². The Bertz CT molecular complexity index is 757. The van der Waals surface area contributed by atoms with Gasteiger partial charge in [0, 0.05) is 23.3 Å². The number of carbonyl (C=O) groups is 1. The number of benzene rings is 2. The van der Waals surface area contributed by atoms with Crippen LogP contribution < -0.4 is 4.90 Å². The Kier molecular flexibility index (Phi) is 6.20. The molecule has 1 heterocycles. The molecule has 3 rings (SSSR count). The van der Waals surface area contributed by atoms with Gasteiger partial charge in [-0.3, -0.25) is 4.79 Å². The number of nitrogens with zero attached hydrogens (tertiary/aromatic N) is 1. The average molecular weight is 372 g/mol. The van der Waals surface area contributed by atoms with Crippen LogP contribution in [-0.4, -0.2) is 25.2 Å². The zero-order valence-corrected chi connectivity index (χ0v) is 16.3. The van der Waals surface area contributed by atoms with Gasteiger partial charge in [0.1, 0.15) is 0 Å². The van der Waals surface area contributed by atoms with Crippen LogP contribution in [0.5, 0.6) is 0 Å². The van der Waals surface area contributed by atoms with E-state index in [1.54, 1.807) is 0 Å². The van der Waals surface area contributed by atoms with Crippen molar-refractivity contribution in [2.45, 2.75) is 45.6 Å². The molecule has 1 aliphatic heterocycles. The highest BCUT2D eigenvalue weighted by atomic mass is 35.5. The molecule has 0 saturated carbocycles. The number of rotatable bonds is 6. The maximum absolute atomic E-state index is 11.8. The van der Waals surface area contributed by atoms with Gasteiger partial charge in [-0.15, -0.1) is 0 Å². The third-order valence-electron chi connectivity index (χ3n) is 5.05. The summed E-state index contributed by atoms with van der Waals surface area (Å²) in [6.45, 7) is 5.40. The van der Waals surface area contributed by atoms with Gasteiger partial charge < -0.3 is 9.64 Å². The molecule has 0 spiro atoms. The second-order valence-electron chi connectivity index (χ2n) is 6.91. The molecule has 0 aromatic heterocycles. The lowest BCUT2D eigenvalue weighted by molar-refractivity contribution is -0.143. The molecule has 2 aromatic rings. The van der Waals surface area contributed by atoms with E-state index in [0.717, 1.165) is 30.8 Å². The molecule has 0 radical (unpaired) electrons. The Labute approximate surface area is 160 Å². The van der Waals surface area contributed by atoms with Crippen molar-refractivity contribution in [1.29, 1.82) is 0 Å². The van der Waals surface area contributed by atoms with E-state index in [-0.39, 0.29) is 12.0 Å². The number of hydrogen-bond acceptors (Lipinski definition) is 3. The van der Waals surface area contributed by atoms with Crippen molar-refractivity contribution in [3.8, 4) is 0 Å². The van der Waals surface area contributed by atoms with Crippen molar-refractivity contribution in [3.63, 3.8) is 0 Å². The molecule has 1 unspecified atom stereocenters. The molecule has 138 valence electrons. The Balaban J connectivity index is 1.67. The minimum atomic E-state index is -0.0979. The number of halogens is 1. The molecule has 0 bridgehead atoms. The minimum absolute atomic E-state index is 0.0979. The first-order valence-corrected chi connectivity index (χ1v) is 9.71. The SMILES string of the molecule is CCOC(=O)CC1CCCN1c1ccc(Cc2ccc(Cl)cc2C)cc1. The Morgan fingerprint density at radius 3 is 2.69 bits per heavy atom. The largest absolute Gasteiger partial charge is 0.466 e. The lowest BCUT2D eigenvalue weighted by Crippen LogP contribution is -2.31. The van der Waals surface area contributed by atoms with Crippen LogP contribution in [0.1, 0.15) is 42.9 Å². The van der Waals surface area contributed by atoms with Crippen molar-refractivity contribution in [2.75, 3.05) is 18.1 Å². The van der Waals surface area contributed by atoms with E-state index in [1.807, 2.05) is 19.1 Å². The second kappa shape index (κ2) is 8.59. The van der Waals surface area contributed by atoms with E-state index in [4.69, 9.17) is 16.3 Å². The maximum atomic E-state index is 11.8. The van der Waals surface area contributed by atoms with Crippen LogP contribution in [0.2, 0.25) is 5.02 Å². The summed E-state index contributed by atoms with van der Waals surface area (Å²) in [4.78, 5) is 14.2. The quantitative estimate of drug-likeness (QED) is 0.657. The third kappa shape index (κ3) is 4.59. The number of esters is 1. The minimum Gasteiger partial charge on any atom is -0.466 e. The summed E-state index contributed by atoms with van der Waals surface area (Å²) in [6, 6.07) is 15.0. The molecule has 0 aliphatic carbocycles. The van der Waals surface area contributed by atoms with Gasteiger partial charge in [-0.1, -0.05) is 29.8 Å². The molecule has 1 atom stereocenters. The first-order chi connectivity index (χ1) is 12.6. The summed E-state index contributed by atoms with van der Waals surface area (Å²) in [6.07, 6.45) is 3.54. The Morgan fingerprint density at radius 2 is 2.00 bits per heavy atom. The molecule has 4 heteroatoms. The van der Waals surface area contributed by atoms with Crippen LogP contribution in [0.15, 0.2) is 42.5 Å². The van der Waals surface area contributed by atoms with Crippen LogP contribution in [0.25, 0.3) is 0 Å². The van der Waals surface area contributed by atoms with E-state index in [0.29, 0.717) is 13.0 Å². The van der Waals surface area contributed by atoms with Gasteiger partial charge in [-0.25, -0.2) is 0 Å². The maximum Gasteiger partial charge on any atom is 0.307 e. The highest BCUT2D eigenvalue weighted by molar-refractivity contribution is 6.30. The van der Waals surface area contributed by atoms with Crippen LogP contribution in [0.3, 0.4) is 0 Å². The molecule has 0 N–H and O–H groups in total. The van der Waals surface area contributed by atoms with Crippen LogP contribution in [-0.2, 0) is 16.0 Å². The fourth-order valence-corrected chi connectivity index (χ4v) is 3.91. The number of aryl methyl sites for hydroxylation is 1. The first-order valence-electron chi connectivity index (χ1n) is 9.33. The fourth-order valence-electron chi connectivity index (χ4n) is 3.68. The predicted octanol–water partition coefficient (Wildman–Crippen LogP) is 5.16. The third-order valence-corrected chi connectivity index (χ3v) is 5.29. The smallest absolute Gasteiger partial charge is 0.307 e.